The number of ketones is 2. The standard InChI is InChI=1S/C34H24O2/c35-33-29-25(19-11-3-1-4-12-19)26(20-13-5-2-6-14-20)30(29)34(36)32-28-23-17-9-7-15-21(23)27(31(32)33)22-16-8-10-18-24(22)28/h1-18,27-32H/t27?,28?,29-,30-,31-,32+/m1/s1. The largest absolute Gasteiger partial charge is 0.299 e. The van der Waals surface area contributed by atoms with Gasteiger partial charge >= 0.3 is 0 Å². The monoisotopic (exact) mass is 464 g/mol. The molecule has 0 aliphatic heterocycles. The second-order valence-corrected chi connectivity index (χ2v) is 10.6. The number of hydrogen-bond acceptors (Lipinski definition) is 2. The molecule has 2 nitrogen and oxygen atoms in total. The van der Waals surface area contributed by atoms with Crippen molar-refractivity contribution in [3.8, 4) is 0 Å². The second kappa shape index (κ2) is 7.24. The highest BCUT2D eigenvalue weighted by molar-refractivity contribution is 6.22. The maximum Gasteiger partial charge on any atom is 0.146 e. The summed E-state index contributed by atoms with van der Waals surface area (Å²) in [5, 5.41) is 0. The summed E-state index contributed by atoms with van der Waals surface area (Å²) in [7, 11) is 0. The van der Waals surface area contributed by atoms with Crippen molar-refractivity contribution < 1.29 is 9.59 Å². The van der Waals surface area contributed by atoms with Gasteiger partial charge in [0.2, 0.25) is 0 Å². The second-order valence-electron chi connectivity index (χ2n) is 10.6. The third-order valence-electron chi connectivity index (χ3n) is 9.12. The van der Waals surface area contributed by atoms with Crippen LogP contribution in [0.25, 0.3) is 11.1 Å². The zero-order valence-electron chi connectivity index (χ0n) is 19.7. The van der Waals surface area contributed by atoms with E-state index in [2.05, 4.69) is 72.8 Å². The number of Topliss-reactive ketones (excluding diaryl/α,β-unsaturated/α-hetero) is 2. The third-order valence-corrected chi connectivity index (χ3v) is 9.12. The molecule has 0 N–H and O–H groups in total. The maximum absolute atomic E-state index is 14.6. The summed E-state index contributed by atoms with van der Waals surface area (Å²) in [6.45, 7) is 0. The molecule has 172 valence electrons. The molecule has 4 atom stereocenters. The normalized spacial score (nSPS) is 29.1. The Morgan fingerprint density at radius 3 is 1.00 bits per heavy atom. The maximum atomic E-state index is 14.6. The van der Waals surface area contributed by atoms with E-state index in [0.29, 0.717) is 0 Å². The number of benzene rings is 4. The zero-order valence-corrected chi connectivity index (χ0v) is 19.7. The molecule has 0 heterocycles. The molecule has 5 aliphatic carbocycles. The lowest BCUT2D eigenvalue weighted by molar-refractivity contribution is -0.146. The Morgan fingerprint density at radius 2 is 0.667 bits per heavy atom. The molecule has 0 unspecified atom stereocenters. The fourth-order valence-electron chi connectivity index (χ4n) is 7.87. The SMILES string of the molecule is O=C1[C@@H]2C(c3ccccc3)=C(c3ccccc3)[C@H]2C(=O)[C@H]2C3c4ccccc4C(c4ccccc43)[C@@H]12. The quantitative estimate of drug-likeness (QED) is 0.339. The Kier molecular flexibility index (Phi) is 4.06. The van der Waals surface area contributed by atoms with Gasteiger partial charge in [-0.25, -0.2) is 0 Å². The molecule has 2 heteroatoms. The Bertz CT molecular complexity index is 1430. The molecular formula is C34H24O2. The van der Waals surface area contributed by atoms with Gasteiger partial charge in [-0.05, 0) is 44.5 Å². The van der Waals surface area contributed by atoms with Crippen LogP contribution in [-0.2, 0) is 9.59 Å². The van der Waals surface area contributed by atoms with Crippen molar-refractivity contribution in [1.82, 2.24) is 0 Å². The molecule has 4 aromatic carbocycles. The van der Waals surface area contributed by atoms with Gasteiger partial charge in [0.1, 0.15) is 11.6 Å². The van der Waals surface area contributed by atoms with E-state index in [0.717, 1.165) is 22.3 Å². The predicted octanol–water partition coefficient (Wildman–Crippen LogP) is 6.52. The Balaban J connectivity index is 1.36. The van der Waals surface area contributed by atoms with Gasteiger partial charge in [-0.2, -0.15) is 0 Å². The van der Waals surface area contributed by atoms with E-state index in [1.165, 1.54) is 22.3 Å². The minimum Gasteiger partial charge on any atom is -0.299 e. The van der Waals surface area contributed by atoms with Crippen LogP contribution in [0.4, 0.5) is 0 Å². The molecule has 36 heavy (non-hydrogen) atoms. The number of fused-ring (bicyclic) bond motifs is 1. The molecule has 5 aliphatic rings. The topological polar surface area (TPSA) is 34.1 Å². The highest BCUT2D eigenvalue weighted by Crippen LogP contribution is 2.66. The minimum atomic E-state index is -0.366. The van der Waals surface area contributed by atoms with Gasteiger partial charge in [0.05, 0.1) is 11.8 Å². The summed E-state index contributed by atoms with van der Waals surface area (Å²) >= 11 is 0. The average molecular weight is 465 g/mol. The molecule has 0 spiro atoms. The average Bonchev–Trinajstić information content (AvgIpc) is 2.92. The van der Waals surface area contributed by atoms with Gasteiger partial charge in [-0.1, -0.05) is 109 Å². The van der Waals surface area contributed by atoms with Crippen molar-refractivity contribution in [2.45, 2.75) is 11.8 Å². The predicted molar refractivity (Wildman–Crippen MR) is 140 cm³/mol. The van der Waals surface area contributed by atoms with Gasteiger partial charge < -0.3 is 0 Å². The van der Waals surface area contributed by atoms with Gasteiger partial charge in [0.15, 0.2) is 0 Å². The first-order valence-corrected chi connectivity index (χ1v) is 12.9. The highest BCUT2D eigenvalue weighted by Gasteiger charge is 2.65. The Morgan fingerprint density at radius 1 is 0.361 bits per heavy atom. The molecular weight excluding hydrogens is 440 g/mol. The van der Waals surface area contributed by atoms with Crippen LogP contribution in [-0.4, -0.2) is 11.6 Å². The lowest BCUT2D eigenvalue weighted by Crippen LogP contribution is -2.59. The van der Waals surface area contributed by atoms with Crippen molar-refractivity contribution >= 4 is 22.7 Å². The van der Waals surface area contributed by atoms with E-state index in [1.807, 2.05) is 36.4 Å². The number of rotatable bonds is 2. The molecule has 0 amide bonds. The van der Waals surface area contributed by atoms with Gasteiger partial charge in [0, 0.05) is 23.7 Å². The van der Waals surface area contributed by atoms with Gasteiger partial charge in [0.25, 0.3) is 0 Å². The summed E-state index contributed by atoms with van der Waals surface area (Å²) in [4.78, 5) is 29.1. The summed E-state index contributed by atoms with van der Waals surface area (Å²) in [5.41, 5.74) is 9.13. The molecule has 0 radical (unpaired) electrons. The Labute approximate surface area is 210 Å². The Hall–Kier alpha value is -4.04. The van der Waals surface area contributed by atoms with Crippen LogP contribution in [0.15, 0.2) is 109 Å². The number of carbonyl (C=O) groups is 2. The van der Waals surface area contributed by atoms with Gasteiger partial charge in [-0.15, -0.1) is 0 Å². The number of allylic oxidation sites excluding steroid dienone is 2. The van der Waals surface area contributed by atoms with E-state index in [1.54, 1.807) is 0 Å². The van der Waals surface area contributed by atoms with Crippen LogP contribution >= 0.6 is 0 Å². The van der Waals surface area contributed by atoms with Gasteiger partial charge in [-0.3, -0.25) is 9.59 Å². The van der Waals surface area contributed by atoms with E-state index < -0.39 is 0 Å². The first-order chi connectivity index (χ1) is 17.8. The molecule has 9 rings (SSSR count). The van der Waals surface area contributed by atoms with E-state index in [4.69, 9.17) is 0 Å². The number of hydrogen-bond donors (Lipinski definition) is 0. The van der Waals surface area contributed by atoms with Crippen LogP contribution in [0.2, 0.25) is 0 Å². The molecule has 0 aromatic heterocycles. The fraction of sp³-hybridized carbons (Fsp3) is 0.176. The molecule has 1 saturated carbocycles. The molecule has 4 aromatic rings. The first-order valence-electron chi connectivity index (χ1n) is 12.9. The van der Waals surface area contributed by atoms with E-state index >= 15 is 0 Å². The minimum absolute atomic E-state index is 0.0531. The number of carbonyl (C=O) groups excluding carboxylic acids is 2. The lowest BCUT2D eigenvalue weighted by atomic mass is 9.43. The molecule has 2 bridgehead atoms. The van der Waals surface area contributed by atoms with Crippen LogP contribution < -0.4 is 0 Å². The van der Waals surface area contributed by atoms with Crippen LogP contribution in [0.1, 0.15) is 45.2 Å². The van der Waals surface area contributed by atoms with Crippen molar-refractivity contribution in [2.24, 2.45) is 23.7 Å². The highest BCUT2D eigenvalue weighted by atomic mass is 16.1. The fourth-order valence-corrected chi connectivity index (χ4v) is 7.87. The molecule has 0 saturated heterocycles. The zero-order chi connectivity index (χ0) is 24.0. The van der Waals surface area contributed by atoms with Crippen LogP contribution in [0.3, 0.4) is 0 Å². The summed E-state index contributed by atoms with van der Waals surface area (Å²) < 4.78 is 0. The van der Waals surface area contributed by atoms with E-state index in [-0.39, 0.29) is 47.1 Å². The van der Waals surface area contributed by atoms with Crippen molar-refractivity contribution in [1.29, 1.82) is 0 Å². The van der Waals surface area contributed by atoms with Crippen molar-refractivity contribution in [3.05, 3.63) is 143 Å². The van der Waals surface area contributed by atoms with Crippen molar-refractivity contribution in [3.63, 3.8) is 0 Å². The smallest absolute Gasteiger partial charge is 0.146 e. The van der Waals surface area contributed by atoms with Crippen LogP contribution in [0.5, 0.6) is 0 Å². The van der Waals surface area contributed by atoms with Crippen LogP contribution in [0, 0.1) is 23.7 Å². The summed E-state index contributed by atoms with van der Waals surface area (Å²) in [5.74, 6) is -0.936. The lowest BCUT2D eigenvalue weighted by Gasteiger charge is -2.57. The van der Waals surface area contributed by atoms with E-state index in [9.17, 15) is 9.59 Å². The summed E-state index contributed by atoms with van der Waals surface area (Å²) in [6, 6.07) is 37.4. The van der Waals surface area contributed by atoms with Crippen molar-refractivity contribution in [2.75, 3.05) is 0 Å². The third kappa shape index (κ3) is 2.42. The summed E-state index contributed by atoms with van der Waals surface area (Å²) in [6.07, 6.45) is 0. The molecule has 1 fully saturated rings. The first kappa shape index (κ1) is 20.2.